The van der Waals surface area contributed by atoms with E-state index in [9.17, 15) is 9.59 Å². The van der Waals surface area contributed by atoms with Gasteiger partial charge in [-0.1, -0.05) is 25.1 Å². The quantitative estimate of drug-likeness (QED) is 0.805. The molecule has 0 spiro atoms. The molecule has 1 N–H and O–H groups in total. The molecule has 0 aliphatic rings. The number of hydrogen-bond donors (Lipinski definition) is 1. The first-order chi connectivity index (χ1) is 10.7. The van der Waals surface area contributed by atoms with E-state index in [2.05, 4.69) is 10.3 Å². The molecule has 1 amide bonds. The van der Waals surface area contributed by atoms with Crippen molar-refractivity contribution in [2.75, 3.05) is 5.32 Å². The summed E-state index contributed by atoms with van der Waals surface area (Å²) in [6.07, 6.45) is 2.26. The van der Waals surface area contributed by atoms with Crippen LogP contribution in [0.3, 0.4) is 0 Å². The van der Waals surface area contributed by atoms with Gasteiger partial charge in [-0.3, -0.25) is 14.2 Å². The molecule has 0 aliphatic carbocycles. The molecule has 22 heavy (non-hydrogen) atoms. The number of carbonyl (C=O) groups is 1. The van der Waals surface area contributed by atoms with Crippen LogP contribution in [0.15, 0.2) is 46.8 Å². The van der Waals surface area contributed by atoms with E-state index in [0.29, 0.717) is 10.2 Å². The first-order valence-corrected chi connectivity index (χ1v) is 7.87. The summed E-state index contributed by atoms with van der Waals surface area (Å²) in [7, 11) is 0. The number of nitrogens with zero attached hydrogens (tertiary/aromatic N) is 2. The van der Waals surface area contributed by atoms with E-state index >= 15 is 0 Å². The van der Waals surface area contributed by atoms with Gasteiger partial charge in [0.25, 0.3) is 5.56 Å². The normalized spacial score (nSPS) is 10.8. The molecule has 0 aliphatic heterocycles. The lowest BCUT2D eigenvalue weighted by molar-refractivity contribution is -0.116. The molecule has 1 aromatic carbocycles. The second-order valence-electron chi connectivity index (χ2n) is 4.88. The molecule has 0 atom stereocenters. The highest BCUT2D eigenvalue weighted by molar-refractivity contribution is 7.16. The molecule has 0 bridgehead atoms. The number of amides is 1. The summed E-state index contributed by atoms with van der Waals surface area (Å²) in [5, 5.41) is 5.23. The number of nitrogens with one attached hydrogen (secondary N) is 1. The molecule has 3 aromatic rings. The zero-order valence-corrected chi connectivity index (χ0v) is 12.9. The fraction of sp³-hybridized carbons (Fsp3) is 0.188. The summed E-state index contributed by atoms with van der Waals surface area (Å²) >= 11 is 1.41. The number of thiophene rings is 1. The number of rotatable bonds is 4. The average molecular weight is 313 g/mol. The summed E-state index contributed by atoms with van der Waals surface area (Å²) in [4.78, 5) is 29.3. The lowest BCUT2D eigenvalue weighted by Gasteiger charge is -2.10. The van der Waals surface area contributed by atoms with Gasteiger partial charge in [0.15, 0.2) is 0 Å². The Morgan fingerprint density at radius 3 is 2.95 bits per heavy atom. The van der Waals surface area contributed by atoms with Crippen molar-refractivity contribution >= 4 is 33.1 Å². The van der Waals surface area contributed by atoms with Crippen LogP contribution in [-0.4, -0.2) is 15.5 Å². The topological polar surface area (TPSA) is 64.0 Å². The molecule has 112 valence electrons. The van der Waals surface area contributed by atoms with Crippen molar-refractivity contribution in [2.45, 2.75) is 19.9 Å². The fourth-order valence-electron chi connectivity index (χ4n) is 2.30. The monoisotopic (exact) mass is 313 g/mol. The van der Waals surface area contributed by atoms with Crippen molar-refractivity contribution in [1.29, 1.82) is 0 Å². The van der Waals surface area contributed by atoms with Crippen LogP contribution in [-0.2, 0) is 17.8 Å². The number of carbonyl (C=O) groups excluding carboxylic acids is 1. The molecule has 2 heterocycles. The van der Waals surface area contributed by atoms with Crippen molar-refractivity contribution in [2.24, 2.45) is 0 Å². The average Bonchev–Trinajstić information content (AvgIpc) is 3.00. The maximum atomic E-state index is 12.3. The van der Waals surface area contributed by atoms with E-state index in [4.69, 9.17) is 0 Å². The number of aryl methyl sites for hydroxylation is 1. The Labute approximate surface area is 131 Å². The first kappa shape index (κ1) is 14.5. The summed E-state index contributed by atoms with van der Waals surface area (Å²) in [6.45, 7) is 1.99. The van der Waals surface area contributed by atoms with Crippen molar-refractivity contribution < 1.29 is 4.79 Å². The smallest absolute Gasteiger partial charge is 0.262 e. The van der Waals surface area contributed by atoms with Gasteiger partial charge < -0.3 is 5.32 Å². The van der Waals surface area contributed by atoms with E-state index in [1.165, 1.54) is 22.2 Å². The van der Waals surface area contributed by atoms with Gasteiger partial charge in [-0.25, -0.2) is 4.98 Å². The molecule has 6 heteroatoms. The Morgan fingerprint density at radius 1 is 1.32 bits per heavy atom. The van der Waals surface area contributed by atoms with Crippen LogP contribution in [0.2, 0.25) is 0 Å². The zero-order chi connectivity index (χ0) is 15.5. The van der Waals surface area contributed by atoms with Crippen molar-refractivity contribution in [3.63, 3.8) is 0 Å². The molecule has 5 nitrogen and oxygen atoms in total. The third kappa shape index (κ3) is 2.78. The van der Waals surface area contributed by atoms with E-state index in [0.717, 1.165) is 17.7 Å². The summed E-state index contributed by atoms with van der Waals surface area (Å²) in [5.41, 5.74) is 1.66. The standard InChI is InChI=1S/C16H15N3O2S/c1-2-11-5-3-4-6-13(11)18-14(20)9-19-10-17-15-12(16(19)21)7-8-22-15/h3-8,10H,2,9H2,1H3,(H,18,20). The number of benzene rings is 1. The minimum Gasteiger partial charge on any atom is -0.324 e. The molecule has 0 radical (unpaired) electrons. The molecule has 0 saturated carbocycles. The minimum atomic E-state index is -0.237. The van der Waals surface area contributed by atoms with Crippen molar-refractivity contribution in [3.8, 4) is 0 Å². The molecule has 0 saturated heterocycles. The van der Waals surface area contributed by atoms with Gasteiger partial charge >= 0.3 is 0 Å². The number of para-hydroxylation sites is 1. The van der Waals surface area contributed by atoms with Gasteiger partial charge in [0, 0.05) is 5.69 Å². The number of fused-ring (bicyclic) bond motifs is 1. The third-order valence-corrected chi connectivity index (χ3v) is 4.26. The predicted octanol–water partition coefficient (Wildman–Crippen LogP) is 2.66. The number of aromatic nitrogens is 2. The van der Waals surface area contributed by atoms with Gasteiger partial charge in [0.05, 0.1) is 11.7 Å². The SMILES string of the molecule is CCc1ccccc1NC(=O)Cn1cnc2sccc2c1=O. The number of anilines is 1. The van der Waals surface area contributed by atoms with E-state index in [1.54, 1.807) is 6.07 Å². The Balaban J connectivity index is 1.81. The molecule has 0 unspecified atom stereocenters. The van der Waals surface area contributed by atoms with Gasteiger partial charge in [0.2, 0.25) is 5.91 Å². The highest BCUT2D eigenvalue weighted by Gasteiger charge is 2.10. The van der Waals surface area contributed by atoms with E-state index in [-0.39, 0.29) is 18.0 Å². The Kier molecular flexibility index (Phi) is 4.02. The predicted molar refractivity (Wildman–Crippen MR) is 88.3 cm³/mol. The molecule has 2 aromatic heterocycles. The van der Waals surface area contributed by atoms with Crippen molar-refractivity contribution in [1.82, 2.24) is 9.55 Å². The molecular formula is C16H15N3O2S. The molecular weight excluding hydrogens is 298 g/mol. The minimum absolute atomic E-state index is 0.0460. The highest BCUT2D eigenvalue weighted by atomic mass is 32.1. The Bertz CT molecular complexity index is 882. The largest absolute Gasteiger partial charge is 0.324 e. The van der Waals surface area contributed by atoms with E-state index in [1.807, 2.05) is 36.6 Å². The van der Waals surface area contributed by atoms with Crippen LogP contribution >= 0.6 is 11.3 Å². The van der Waals surface area contributed by atoms with Gasteiger partial charge in [-0.05, 0) is 29.5 Å². The van der Waals surface area contributed by atoms with Crippen LogP contribution < -0.4 is 10.9 Å². The lowest BCUT2D eigenvalue weighted by Crippen LogP contribution is -2.27. The Hall–Kier alpha value is -2.47. The Morgan fingerprint density at radius 2 is 2.14 bits per heavy atom. The summed E-state index contributed by atoms with van der Waals surface area (Å²) in [6, 6.07) is 9.38. The highest BCUT2D eigenvalue weighted by Crippen LogP contribution is 2.16. The van der Waals surface area contributed by atoms with Crippen LogP contribution in [0.1, 0.15) is 12.5 Å². The number of hydrogen-bond acceptors (Lipinski definition) is 4. The van der Waals surface area contributed by atoms with Gasteiger partial charge in [-0.15, -0.1) is 11.3 Å². The maximum absolute atomic E-state index is 12.3. The van der Waals surface area contributed by atoms with Gasteiger partial charge in [0.1, 0.15) is 11.4 Å². The summed E-state index contributed by atoms with van der Waals surface area (Å²) < 4.78 is 1.33. The fourth-order valence-corrected chi connectivity index (χ4v) is 3.02. The maximum Gasteiger partial charge on any atom is 0.262 e. The molecule has 0 fully saturated rings. The second-order valence-corrected chi connectivity index (χ2v) is 5.77. The zero-order valence-electron chi connectivity index (χ0n) is 12.1. The van der Waals surface area contributed by atoms with Crippen LogP contribution in [0.5, 0.6) is 0 Å². The second kappa shape index (κ2) is 6.11. The summed E-state index contributed by atoms with van der Waals surface area (Å²) in [5.74, 6) is -0.237. The van der Waals surface area contributed by atoms with E-state index < -0.39 is 0 Å². The van der Waals surface area contributed by atoms with Gasteiger partial charge in [-0.2, -0.15) is 0 Å². The van der Waals surface area contributed by atoms with Crippen molar-refractivity contribution in [3.05, 3.63) is 58.0 Å². The molecule has 3 rings (SSSR count). The van der Waals surface area contributed by atoms with Crippen LogP contribution in [0.4, 0.5) is 5.69 Å². The first-order valence-electron chi connectivity index (χ1n) is 6.99. The lowest BCUT2D eigenvalue weighted by atomic mass is 10.1. The van der Waals surface area contributed by atoms with Crippen LogP contribution in [0, 0.1) is 0 Å². The third-order valence-electron chi connectivity index (χ3n) is 3.44. The van der Waals surface area contributed by atoms with Crippen LogP contribution in [0.25, 0.3) is 10.2 Å².